The fraction of sp³-hybridized carbons (Fsp3) is 0.0625. The number of hydrogen-bond acceptors (Lipinski definition) is 3. The van der Waals surface area contributed by atoms with Crippen LogP contribution in [0, 0.1) is 11.3 Å². The number of benzene rings is 2. The third-order valence-electron chi connectivity index (χ3n) is 2.70. The fourth-order valence-corrected chi connectivity index (χ4v) is 1.82. The van der Waals surface area contributed by atoms with Crippen molar-refractivity contribution in [3.05, 3.63) is 59.7 Å². The van der Waals surface area contributed by atoms with E-state index in [9.17, 15) is 10.4 Å². The first kappa shape index (κ1) is 12.7. The molecule has 3 heteroatoms. The zero-order valence-corrected chi connectivity index (χ0v) is 10.5. The smallest absolute Gasteiger partial charge is 0.127 e. The number of ether oxygens (including phenoxy) is 1. The third-order valence-corrected chi connectivity index (χ3v) is 2.70. The topological polar surface area (TPSA) is 53.2 Å². The van der Waals surface area contributed by atoms with E-state index in [1.165, 1.54) is 0 Å². The van der Waals surface area contributed by atoms with Crippen LogP contribution in [0.15, 0.2) is 48.5 Å². The van der Waals surface area contributed by atoms with E-state index >= 15 is 0 Å². The molecule has 0 amide bonds. The second kappa shape index (κ2) is 5.74. The van der Waals surface area contributed by atoms with E-state index in [1.54, 1.807) is 31.4 Å². The molecule has 0 fully saturated rings. The standard InChI is InChI=1S/C16H13NO2/c1-19-16-8-3-2-7-15(16)13(11-17)9-12-5-4-6-14(18)10-12/h2-10,18H,1H3/b13-9-. The summed E-state index contributed by atoms with van der Waals surface area (Å²) in [6.45, 7) is 0. The Morgan fingerprint density at radius 2 is 2.00 bits per heavy atom. The highest BCUT2D eigenvalue weighted by Crippen LogP contribution is 2.27. The van der Waals surface area contributed by atoms with Crippen molar-refractivity contribution >= 4 is 11.6 Å². The molecule has 1 N–H and O–H groups in total. The van der Waals surface area contributed by atoms with Gasteiger partial charge in [-0.15, -0.1) is 0 Å². The molecular formula is C16H13NO2. The van der Waals surface area contributed by atoms with Gasteiger partial charge in [0.05, 0.1) is 18.8 Å². The number of para-hydroxylation sites is 1. The maximum absolute atomic E-state index is 9.43. The van der Waals surface area contributed by atoms with Crippen LogP contribution in [0.4, 0.5) is 0 Å². The Kier molecular flexibility index (Phi) is 3.84. The SMILES string of the molecule is COc1ccccc1/C(C#N)=C\c1cccc(O)c1. The van der Waals surface area contributed by atoms with E-state index in [-0.39, 0.29) is 5.75 Å². The van der Waals surface area contributed by atoms with Gasteiger partial charge in [0.25, 0.3) is 0 Å². The van der Waals surface area contributed by atoms with Gasteiger partial charge in [0.2, 0.25) is 0 Å². The first-order valence-corrected chi connectivity index (χ1v) is 5.79. The Morgan fingerprint density at radius 1 is 1.21 bits per heavy atom. The predicted octanol–water partition coefficient (Wildman–Crippen LogP) is 3.46. The van der Waals surface area contributed by atoms with Gasteiger partial charge < -0.3 is 9.84 Å². The van der Waals surface area contributed by atoms with Crippen molar-refractivity contribution in [2.45, 2.75) is 0 Å². The number of nitrogens with zero attached hydrogens (tertiary/aromatic N) is 1. The molecular weight excluding hydrogens is 238 g/mol. The van der Waals surface area contributed by atoms with Crippen molar-refractivity contribution in [2.24, 2.45) is 0 Å². The summed E-state index contributed by atoms with van der Waals surface area (Å²) < 4.78 is 5.25. The maximum atomic E-state index is 9.43. The van der Waals surface area contributed by atoms with Crippen molar-refractivity contribution < 1.29 is 9.84 Å². The number of aromatic hydroxyl groups is 1. The van der Waals surface area contributed by atoms with Crippen molar-refractivity contribution in [1.82, 2.24) is 0 Å². The van der Waals surface area contributed by atoms with Gasteiger partial charge >= 0.3 is 0 Å². The molecule has 0 radical (unpaired) electrons. The van der Waals surface area contributed by atoms with Crippen molar-refractivity contribution in [1.29, 1.82) is 5.26 Å². The van der Waals surface area contributed by atoms with Crippen molar-refractivity contribution in [3.8, 4) is 17.6 Å². The second-order valence-corrected chi connectivity index (χ2v) is 3.97. The number of hydrogen-bond donors (Lipinski definition) is 1. The lowest BCUT2D eigenvalue weighted by molar-refractivity contribution is 0.413. The van der Waals surface area contributed by atoms with Crippen LogP contribution < -0.4 is 4.74 Å². The molecule has 0 aromatic heterocycles. The van der Waals surface area contributed by atoms with E-state index in [0.29, 0.717) is 11.3 Å². The Hall–Kier alpha value is -2.73. The summed E-state index contributed by atoms with van der Waals surface area (Å²) in [7, 11) is 1.57. The van der Waals surface area contributed by atoms with Gasteiger partial charge in [0.1, 0.15) is 11.5 Å². The largest absolute Gasteiger partial charge is 0.508 e. The molecule has 0 aliphatic rings. The Morgan fingerprint density at radius 3 is 2.68 bits per heavy atom. The molecule has 0 spiro atoms. The molecule has 0 saturated heterocycles. The zero-order valence-electron chi connectivity index (χ0n) is 10.5. The fourth-order valence-electron chi connectivity index (χ4n) is 1.82. The summed E-state index contributed by atoms with van der Waals surface area (Å²) in [5.74, 6) is 0.821. The molecule has 0 aliphatic carbocycles. The Balaban J connectivity index is 2.48. The summed E-state index contributed by atoms with van der Waals surface area (Å²) in [6, 6.07) is 16.3. The summed E-state index contributed by atoms with van der Waals surface area (Å²) in [6.07, 6.45) is 1.72. The van der Waals surface area contributed by atoms with Crippen LogP contribution in [0.25, 0.3) is 11.6 Å². The Labute approximate surface area is 112 Å². The monoisotopic (exact) mass is 251 g/mol. The molecule has 2 aromatic carbocycles. The van der Waals surface area contributed by atoms with Crippen LogP contribution in [0.3, 0.4) is 0 Å². The van der Waals surface area contributed by atoms with E-state index in [4.69, 9.17) is 4.74 Å². The number of phenols is 1. The van der Waals surface area contributed by atoms with Gasteiger partial charge in [0.15, 0.2) is 0 Å². The highest BCUT2D eigenvalue weighted by atomic mass is 16.5. The molecule has 0 unspecified atom stereocenters. The first-order chi connectivity index (χ1) is 9.24. The molecule has 19 heavy (non-hydrogen) atoms. The van der Waals surface area contributed by atoms with Crippen molar-refractivity contribution in [2.75, 3.05) is 7.11 Å². The van der Waals surface area contributed by atoms with E-state index in [1.807, 2.05) is 30.3 Å². The zero-order chi connectivity index (χ0) is 13.7. The molecule has 0 atom stereocenters. The Bertz CT molecular complexity index is 654. The van der Waals surface area contributed by atoms with Gasteiger partial charge in [-0.3, -0.25) is 0 Å². The minimum absolute atomic E-state index is 0.172. The van der Waals surface area contributed by atoms with E-state index < -0.39 is 0 Å². The molecule has 3 nitrogen and oxygen atoms in total. The molecule has 0 heterocycles. The lowest BCUT2D eigenvalue weighted by Crippen LogP contribution is -1.90. The summed E-state index contributed by atoms with van der Waals surface area (Å²) in [5, 5.41) is 18.7. The second-order valence-electron chi connectivity index (χ2n) is 3.97. The van der Waals surface area contributed by atoms with Gasteiger partial charge in [-0.1, -0.05) is 24.3 Å². The average Bonchev–Trinajstić information content (AvgIpc) is 2.45. The van der Waals surface area contributed by atoms with Gasteiger partial charge in [-0.05, 0) is 35.9 Å². The molecule has 0 saturated carbocycles. The normalized spacial score (nSPS) is 10.8. The maximum Gasteiger partial charge on any atom is 0.127 e. The van der Waals surface area contributed by atoms with Crippen LogP contribution in [0.1, 0.15) is 11.1 Å². The first-order valence-electron chi connectivity index (χ1n) is 5.79. The molecule has 0 aliphatic heterocycles. The van der Waals surface area contributed by atoms with E-state index in [2.05, 4.69) is 6.07 Å². The number of allylic oxidation sites excluding steroid dienone is 1. The quantitative estimate of drug-likeness (QED) is 0.671. The highest BCUT2D eigenvalue weighted by molar-refractivity contribution is 5.91. The number of phenolic OH excluding ortho intramolecular Hbond substituents is 1. The molecule has 0 bridgehead atoms. The van der Waals surface area contributed by atoms with E-state index in [0.717, 1.165) is 11.1 Å². The third kappa shape index (κ3) is 2.93. The van der Waals surface area contributed by atoms with Gasteiger partial charge in [-0.2, -0.15) is 5.26 Å². The van der Waals surface area contributed by atoms with Crippen LogP contribution in [-0.4, -0.2) is 12.2 Å². The van der Waals surface area contributed by atoms with Crippen LogP contribution >= 0.6 is 0 Å². The molecule has 2 rings (SSSR count). The highest BCUT2D eigenvalue weighted by Gasteiger charge is 2.07. The van der Waals surface area contributed by atoms with Gasteiger partial charge in [-0.25, -0.2) is 0 Å². The summed E-state index contributed by atoms with van der Waals surface area (Å²) in [5.41, 5.74) is 1.99. The minimum atomic E-state index is 0.172. The summed E-state index contributed by atoms with van der Waals surface area (Å²) in [4.78, 5) is 0. The van der Waals surface area contributed by atoms with Crippen LogP contribution in [-0.2, 0) is 0 Å². The average molecular weight is 251 g/mol. The number of rotatable bonds is 3. The van der Waals surface area contributed by atoms with Crippen LogP contribution in [0.5, 0.6) is 11.5 Å². The summed E-state index contributed by atoms with van der Waals surface area (Å²) >= 11 is 0. The van der Waals surface area contributed by atoms with Crippen LogP contribution in [0.2, 0.25) is 0 Å². The number of methoxy groups -OCH3 is 1. The number of nitriles is 1. The lowest BCUT2D eigenvalue weighted by atomic mass is 10.0. The molecule has 2 aromatic rings. The minimum Gasteiger partial charge on any atom is -0.508 e. The predicted molar refractivity (Wildman–Crippen MR) is 74.6 cm³/mol. The van der Waals surface area contributed by atoms with Gasteiger partial charge in [0, 0.05) is 5.56 Å². The van der Waals surface area contributed by atoms with Crippen molar-refractivity contribution in [3.63, 3.8) is 0 Å². The lowest BCUT2D eigenvalue weighted by Gasteiger charge is -2.06. The molecule has 94 valence electrons.